The van der Waals surface area contributed by atoms with Crippen LogP contribution in [0.15, 0.2) is 103 Å². The maximum atomic E-state index is 9.58. The van der Waals surface area contributed by atoms with Crippen molar-refractivity contribution in [2.75, 3.05) is 0 Å². The number of nitrogens with zero attached hydrogens (tertiary/aromatic N) is 1. The standard InChI is InChI=1S/C19H24N2O/c1-7-13-16(14(8-2)9-3)18(15(10-4)11-5)21-17(12-6)19(20)22/h7-13,19,22H,2-6,20H2,1H3/b13-7-,21-17+. The average molecular weight is 296 g/mol. The Hall–Kier alpha value is -2.49. The Morgan fingerprint density at radius 1 is 0.955 bits per heavy atom. The molecule has 0 aromatic carbocycles. The van der Waals surface area contributed by atoms with E-state index >= 15 is 0 Å². The highest BCUT2D eigenvalue weighted by Crippen LogP contribution is 2.25. The van der Waals surface area contributed by atoms with Crippen LogP contribution in [0.3, 0.4) is 0 Å². The van der Waals surface area contributed by atoms with E-state index in [0.717, 1.165) is 11.1 Å². The monoisotopic (exact) mass is 296 g/mol. The van der Waals surface area contributed by atoms with E-state index in [9.17, 15) is 5.11 Å². The molecule has 0 aromatic rings. The van der Waals surface area contributed by atoms with E-state index in [1.54, 1.807) is 24.3 Å². The van der Waals surface area contributed by atoms with Crippen LogP contribution >= 0.6 is 0 Å². The van der Waals surface area contributed by atoms with Gasteiger partial charge in [-0.2, -0.15) is 0 Å². The van der Waals surface area contributed by atoms with Crippen molar-refractivity contribution < 1.29 is 5.11 Å². The minimum Gasteiger partial charge on any atom is -0.373 e. The third kappa shape index (κ3) is 5.13. The minimum absolute atomic E-state index is 0.241. The number of aliphatic imine (C=N–C) groups is 1. The molecular weight excluding hydrogens is 272 g/mol. The molecule has 1 unspecified atom stereocenters. The van der Waals surface area contributed by atoms with Gasteiger partial charge in [0.1, 0.15) is 6.23 Å². The fourth-order valence-electron chi connectivity index (χ4n) is 1.70. The predicted molar refractivity (Wildman–Crippen MR) is 97.5 cm³/mol. The summed E-state index contributed by atoms with van der Waals surface area (Å²) >= 11 is 0. The summed E-state index contributed by atoms with van der Waals surface area (Å²) in [6.45, 7) is 20.6. The van der Waals surface area contributed by atoms with Gasteiger partial charge in [0.2, 0.25) is 0 Å². The van der Waals surface area contributed by atoms with Crippen molar-refractivity contribution in [1.82, 2.24) is 0 Å². The van der Waals surface area contributed by atoms with Crippen molar-refractivity contribution in [2.24, 2.45) is 10.7 Å². The number of aliphatic hydroxyl groups excluding tert-OH is 1. The highest BCUT2D eigenvalue weighted by atomic mass is 16.3. The number of hydrogen-bond acceptors (Lipinski definition) is 3. The van der Waals surface area contributed by atoms with Gasteiger partial charge in [-0.3, -0.25) is 0 Å². The van der Waals surface area contributed by atoms with Crippen LogP contribution in [0.2, 0.25) is 0 Å². The molecule has 0 aromatic heterocycles. The Morgan fingerprint density at radius 3 is 1.77 bits per heavy atom. The maximum Gasteiger partial charge on any atom is 0.145 e. The lowest BCUT2D eigenvalue weighted by Gasteiger charge is -2.13. The van der Waals surface area contributed by atoms with Crippen LogP contribution < -0.4 is 5.73 Å². The Labute approximate surface area is 133 Å². The molecule has 0 radical (unpaired) electrons. The highest BCUT2D eigenvalue weighted by Gasteiger charge is 2.11. The molecule has 22 heavy (non-hydrogen) atoms. The maximum absolute atomic E-state index is 9.58. The molecule has 0 saturated heterocycles. The van der Waals surface area contributed by atoms with Gasteiger partial charge in [-0.05, 0) is 24.1 Å². The quantitative estimate of drug-likeness (QED) is 0.386. The van der Waals surface area contributed by atoms with E-state index in [1.807, 2.05) is 19.1 Å². The molecule has 0 rings (SSSR count). The van der Waals surface area contributed by atoms with Crippen LogP contribution in [0.4, 0.5) is 0 Å². The zero-order valence-corrected chi connectivity index (χ0v) is 13.1. The van der Waals surface area contributed by atoms with E-state index in [4.69, 9.17) is 5.73 Å². The lowest BCUT2D eigenvalue weighted by atomic mass is 9.99. The molecule has 116 valence electrons. The van der Waals surface area contributed by atoms with Crippen LogP contribution in [0.25, 0.3) is 0 Å². The van der Waals surface area contributed by atoms with Crippen molar-refractivity contribution in [3.8, 4) is 0 Å². The first-order valence-electron chi connectivity index (χ1n) is 6.76. The molecule has 3 heteroatoms. The Morgan fingerprint density at radius 2 is 1.45 bits per heavy atom. The molecule has 0 aliphatic rings. The molecule has 0 aliphatic heterocycles. The molecule has 0 aliphatic carbocycles. The number of rotatable bonds is 9. The summed E-state index contributed by atoms with van der Waals surface area (Å²) in [5, 5.41) is 9.58. The number of allylic oxidation sites excluding steroid dienone is 8. The zero-order valence-electron chi connectivity index (χ0n) is 13.1. The second kappa shape index (κ2) is 10.3. The van der Waals surface area contributed by atoms with E-state index < -0.39 is 6.23 Å². The zero-order chi connectivity index (χ0) is 17.1. The Kier molecular flexibility index (Phi) is 9.11. The lowest BCUT2D eigenvalue weighted by Crippen LogP contribution is -2.28. The van der Waals surface area contributed by atoms with E-state index in [1.165, 1.54) is 6.08 Å². The van der Waals surface area contributed by atoms with Crippen molar-refractivity contribution in [3.05, 3.63) is 97.8 Å². The van der Waals surface area contributed by atoms with Crippen molar-refractivity contribution in [2.45, 2.75) is 13.2 Å². The average Bonchev–Trinajstić information content (AvgIpc) is 2.51. The van der Waals surface area contributed by atoms with E-state index in [0.29, 0.717) is 11.3 Å². The first-order valence-corrected chi connectivity index (χ1v) is 6.76. The Bertz CT molecular complexity index is 565. The van der Waals surface area contributed by atoms with Gasteiger partial charge in [0.05, 0.1) is 11.4 Å². The summed E-state index contributed by atoms with van der Waals surface area (Å²) in [6, 6.07) is 0. The second-order valence-corrected chi connectivity index (χ2v) is 4.18. The van der Waals surface area contributed by atoms with Crippen LogP contribution in [0.5, 0.6) is 0 Å². The summed E-state index contributed by atoms with van der Waals surface area (Å²) < 4.78 is 0. The van der Waals surface area contributed by atoms with Crippen LogP contribution in [-0.4, -0.2) is 17.0 Å². The minimum atomic E-state index is -1.23. The van der Waals surface area contributed by atoms with Gasteiger partial charge >= 0.3 is 0 Å². The first-order chi connectivity index (χ1) is 10.5. The fraction of sp³-hybridized carbons (Fsp3) is 0.105. The van der Waals surface area contributed by atoms with Crippen molar-refractivity contribution in [1.29, 1.82) is 0 Å². The summed E-state index contributed by atoms with van der Waals surface area (Å²) in [4.78, 5) is 4.43. The Balaban J connectivity index is 6.74. The van der Waals surface area contributed by atoms with E-state index in [2.05, 4.69) is 37.9 Å². The third-order valence-corrected chi connectivity index (χ3v) is 2.81. The van der Waals surface area contributed by atoms with Gasteiger partial charge in [0.15, 0.2) is 0 Å². The van der Waals surface area contributed by atoms with Gasteiger partial charge in [-0.1, -0.05) is 69.4 Å². The molecular formula is C19H24N2O. The fourth-order valence-corrected chi connectivity index (χ4v) is 1.70. The predicted octanol–water partition coefficient (Wildman–Crippen LogP) is 3.76. The van der Waals surface area contributed by atoms with Crippen molar-refractivity contribution >= 4 is 5.71 Å². The van der Waals surface area contributed by atoms with Crippen LogP contribution in [-0.2, 0) is 0 Å². The molecule has 0 spiro atoms. The van der Waals surface area contributed by atoms with Crippen LogP contribution in [0.1, 0.15) is 6.92 Å². The molecule has 0 amide bonds. The normalized spacial score (nSPS) is 12.2. The number of aliphatic hydroxyl groups is 1. The van der Waals surface area contributed by atoms with Gasteiger partial charge in [-0.25, -0.2) is 4.99 Å². The molecule has 3 N–H and O–H groups in total. The number of hydrogen-bond donors (Lipinski definition) is 2. The third-order valence-electron chi connectivity index (χ3n) is 2.81. The second-order valence-electron chi connectivity index (χ2n) is 4.18. The summed E-state index contributed by atoms with van der Waals surface area (Å²) in [7, 11) is 0. The first kappa shape index (κ1) is 19.5. The molecule has 0 fully saturated rings. The largest absolute Gasteiger partial charge is 0.373 e. The van der Waals surface area contributed by atoms with Crippen molar-refractivity contribution in [3.63, 3.8) is 0 Å². The molecule has 0 bridgehead atoms. The lowest BCUT2D eigenvalue weighted by molar-refractivity contribution is 0.251. The summed E-state index contributed by atoms with van der Waals surface area (Å²) in [5.74, 6) is 0. The van der Waals surface area contributed by atoms with Crippen LogP contribution in [0, 0.1) is 0 Å². The summed E-state index contributed by atoms with van der Waals surface area (Å²) in [5.41, 5.74) is 8.53. The number of nitrogens with two attached hydrogens (primary N) is 1. The van der Waals surface area contributed by atoms with Gasteiger partial charge in [-0.15, -0.1) is 0 Å². The molecule has 3 nitrogen and oxygen atoms in total. The highest BCUT2D eigenvalue weighted by molar-refractivity contribution is 5.98. The van der Waals surface area contributed by atoms with Gasteiger partial charge in [0.25, 0.3) is 0 Å². The van der Waals surface area contributed by atoms with Gasteiger partial charge in [0, 0.05) is 5.57 Å². The molecule has 0 saturated carbocycles. The molecule has 0 heterocycles. The molecule has 1 atom stereocenters. The van der Waals surface area contributed by atoms with E-state index in [-0.39, 0.29) is 5.71 Å². The summed E-state index contributed by atoms with van der Waals surface area (Å²) in [6.07, 6.45) is 10.5. The van der Waals surface area contributed by atoms with Gasteiger partial charge < -0.3 is 10.8 Å². The SMILES string of the molecule is C=CC(C=C)=C(/C=C\C)C(/N=C(\C=C)C(N)O)=C(C=C)C=C. The smallest absolute Gasteiger partial charge is 0.145 e. The topological polar surface area (TPSA) is 58.6 Å².